The van der Waals surface area contributed by atoms with Gasteiger partial charge in [0.15, 0.2) is 22.5 Å². The summed E-state index contributed by atoms with van der Waals surface area (Å²) < 4.78 is 13.3. The summed E-state index contributed by atoms with van der Waals surface area (Å²) in [5.74, 6) is 3.32. The third-order valence-electron chi connectivity index (χ3n) is 3.78. The van der Waals surface area contributed by atoms with Gasteiger partial charge in [-0.15, -0.1) is 10.2 Å². The molecule has 0 unspecified atom stereocenters. The Morgan fingerprint density at radius 1 is 1.12 bits per heavy atom. The van der Waals surface area contributed by atoms with Gasteiger partial charge in [-0.05, 0) is 43.3 Å². The highest BCUT2D eigenvalue weighted by atomic mass is 35.5. The van der Waals surface area contributed by atoms with Crippen molar-refractivity contribution in [2.75, 3.05) is 0 Å². The number of benzene rings is 1. The van der Waals surface area contributed by atoms with Crippen LogP contribution in [0.3, 0.4) is 0 Å². The molecule has 0 bridgehead atoms. The number of nitrogens with zero attached hydrogens (tertiary/aromatic N) is 4. The molecule has 0 saturated carbocycles. The minimum absolute atomic E-state index is 0.559. The van der Waals surface area contributed by atoms with E-state index < -0.39 is 0 Å². The van der Waals surface area contributed by atoms with Crippen LogP contribution in [0.1, 0.15) is 12.8 Å². The summed E-state index contributed by atoms with van der Waals surface area (Å²) in [5.41, 5.74) is 0.940. The molecule has 132 valence electrons. The zero-order valence-corrected chi connectivity index (χ0v) is 15.5. The molecule has 0 amide bonds. The molecule has 0 N–H and O–H groups in total. The van der Waals surface area contributed by atoms with Crippen LogP contribution in [0.15, 0.2) is 62.8 Å². The molecule has 1 aromatic carbocycles. The summed E-state index contributed by atoms with van der Waals surface area (Å²) in [5, 5.41) is 9.99. The number of oxazole rings is 1. The summed E-state index contributed by atoms with van der Waals surface area (Å²) in [6.45, 7) is 2.79. The second kappa shape index (κ2) is 7.39. The standard InChI is InChI=1S/C18H15ClN4O2S/c1-2-23-17(14-4-3-9-24-14)21-22-18(23)26-11-16-20-10-15(25-16)12-5-7-13(19)8-6-12/h3-10H,2,11H2,1H3. The first kappa shape index (κ1) is 16.9. The van der Waals surface area contributed by atoms with Crippen LogP contribution in [-0.4, -0.2) is 19.7 Å². The van der Waals surface area contributed by atoms with Crippen LogP contribution in [0.2, 0.25) is 5.02 Å². The molecule has 0 fully saturated rings. The Hall–Kier alpha value is -2.51. The molecule has 0 atom stereocenters. The number of thioether (sulfide) groups is 1. The maximum Gasteiger partial charge on any atom is 0.205 e. The molecular weight excluding hydrogens is 372 g/mol. The number of hydrogen-bond acceptors (Lipinski definition) is 6. The molecule has 0 spiro atoms. The lowest BCUT2D eigenvalue weighted by molar-refractivity contribution is 0.529. The van der Waals surface area contributed by atoms with Gasteiger partial charge in [0.2, 0.25) is 5.89 Å². The number of furan rings is 1. The van der Waals surface area contributed by atoms with Gasteiger partial charge in [0.05, 0.1) is 18.2 Å². The van der Waals surface area contributed by atoms with E-state index in [-0.39, 0.29) is 0 Å². The molecule has 0 aliphatic heterocycles. The minimum atomic E-state index is 0.559. The molecule has 0 aliphatic rings. The van der Waals surface area contributed by atoms with Crippen LogP contribution >= 0.6 is 23.4 Å². The minimum Gasteiger partial charge on any atom is -0.461 e. The lowest BCUT2D eigenvalue weighted by Gasteiger charge is -2.04. The van der Waals surface area contributed by atoms with Gasteiger partial charge in [-0.2, -0.15) is 0 Å². The molecule has 4 rings (SSSR count). The van der Waals surface area contributed by atoms with Gasteiger partial charge in [-0.25, -0.2) is 4.98 Å². The molecule has 8 heteroatoms. The molecular formula is C18H15ClN4O2S. The molecule has 26 heavy (non-hydrogen) atoms. The second-order valence-corrected chi connectivity index (χ2v) is 6.82. The van der Waals surface area contributed by atoms with E-state index in [1.165, 1.54) is 11.8 Å². The Kier molecular flexibility index (Phi) is 4.81. The zero-order valence-electron chi connectivity index (χ0n) is 13.9. The van der Waals surface area contributed by atoms with Crippen LogP contribution in [-0.2, 0) is 12.3 Å². The summed E-state index contributed by atoms with van der Waals surface area (Å²) >= 11 is 7.44. The first-order valence-corrected chi connectivity index (χ1v) is 9.41. The fourth-order valence-electron chi connectivity index (χ4n) is 2.52. The first-order valence-electron chi connectivity index (χ1n) is 8.05. The summed E-state index contributed by atoms with van der Waals surface area (Å²) in [6.07, 6.45) is 3.35. The second-order valence-electron chi connectivity index (χ2n) is 5.44. The average molecular weight is 387 g/mol. The maximum absolute atomic E-state index is 5.92. The van der Waals surface area contributed by atoms with Crippen molar-refractivity contribution in [1.29, 1.82) is 0 Å². The van der Waals surface area contributed by atoms with E-state index in [1.54, 1.807) is 12.5 Å². The van der Waals surface area contributed by atoms with E-state index >= 15 is 0 Å². The van der Waals surface area contributed by atoms with E-state index in [2.05, 4.69) is 15.2 Å². The summed E-state index contributed by atoms with van der Waals surface area (Å²) in [7, 11) is 0. The Balaban J connectivity index is 1.49. The van der Waals surface area contributed by atoms with E-state index in [0.29, 0.717) is 34.0 Å². The fourth-order valence-corrected chi connectivity index (χ4v) is 3.50. The number of aromatic nitrogens is 4. The molecule has 3 heterocycles. The Morgan fingerprint density at radius 3 is 2.69 bits per heavy atom. The predicted octanol–water partition coefficient (Wildman–Crippen LogP) is 5.16. The SMILES string of the molecule is CCn1c(SCc2ncc(-c3ccc(Cl)cc3)o2)nnc1-c1ccco1. The van der Waals surface area contributed by atoms with Crippen LogP contribution in [0.25, 0.3) is 22.9 Å². The zero-order chi connectivity index (χ0) is 17.9. The molecule has 6 nitrogen and oxygen atoms in total. The van der Waals surface area contributed by atoms with Gasteiger partial charge in [0.25, 0.3) is 0 Å². The van der Waals surface area contributed by atoms with Gasteiger partial charge in [0, 0.05) is 17.1 Å². The Bertz CT molecular complexity index is 993. The highest BCUT2D eigenvalue weighted by molar-refractivity contribution is 7.98. The number of halogens is 1. The van der Waals surface area contributed by atoms with Crippen LogP contribution in [0, 0.1) is 0 Å². The van der Waals surface area contributed by atoms with E-state index in [4.69, 9.17) is 20.4 Å². The molecule has 0 saturated heterocycles. The van der Waals surface area contributed by atoms with E-state index in [9.17, 15) is 0 Å². The maximum atomic E-state index is 5.92. The van der Waals surface area contributed by atoms with Crippen molar-refractivity contribution in [3.8, 4) is 22.9 Å². The van der Waals surface area contributed by atoms with E-state index in [1.807, 2.05) is 47.9 Å². The van der Waals surface area contributed by atoms with E-state index in [0.717, 1.165) is 17.3 Å². The quantitative estimate of drug-likeness (QED) is 0.426. The van der Waals surface area contributed by atoms with Crippen LogP contribution < -0.4 is 0 Å². The lowest BCUT2D eigenvalue weighted by Crippen LogP contribution is -1.99. The topological polar surface area (TPSA) is 69.9 Å². The van der Waals surface area contributed by atoms with Gasteiger partial charge >= 0.3 is 0 Å². The van der Waals surface area contributed by atoms with Gasteiger partial charge in [0.1, 0.15) is 0 Å². The van der Waals surface area contributed by atoms with Crippen molar-refractivity contribution < 1.29 is 8.83 Å². The van der Waals surface area contributed by atoms with Gasteiger partial charge in [-0.3, -0.25) is 4.57 Å². The molecule has 3 aromatic heterocycles. The first-order chi connectivity index (χ1) is 12.7. The predicted molar refractivity (Wildman–Crippen MR) is 99.9 cm³/mol. The van der Waals surface area contributed by atoms with Crippen molar-refractivity contribution in [3.63, 3.8) is 0 Å². The lowest BCUT2D eigenvalue weighted by atomic mass is 10.2. The van der Waals surface area contributed by atoms with Crippen molar-refractivity contribution >= 4 is 23.4 Å². The largest absolute Gasteiger partial charge is 0.461 e. The molecule has 4 aromatic rings. The normalized spacial score (nSPS) is 11.2. The molecule has 0 radical (unpaired) electrons. The number of hydrogen-bond donors (Lipinski definition) is 0. The Labute approximate surface area is 159 Å². The monoisotopic (exact) mass is 386 g/mol. The average Bonchev–Trinajstić information content (AvgIpc) is 3.40. The summed E-state index contributed by atoms with van der Waals surface area (Å²) in [6, 6.07) is 11.2. The van der Waals surface area contributed by atoms with Crippen molar-refractivity contribution in [2.45, 2.75) is 24.4 Å². The van der Waals surface area contributed by atoms with Crippen molar-refractivity contribution in [2.24, 2.45) is 0 Å². The third kappa shape index (κ3) is 3.40. The van der Waals surface area contributed by atoms with Gasteiger partial charge in [-0.1, -0.05) is 23.4 Å². The highest BCUT2D eigenvalue weighted by Gasteiger charge is 2.16. The van der Waals surface area contributed by atoms with Crippen LogP contribution in [0.4, 0.5) is 0 Å². The fraction of sp³-hybridized carbons (Fsp3) is 0.167. The smallest absolute Gasteiger partial charge is 0.205 e. The van der Waals surface area contributed by atoms with Crippen molar-refractivity contribution in [3.05, 3.63) is 59.8 Å². The van der Waals surface area contributed by atoms with Crippen LogP contribution in [0.5, 0.6) is 0 Å². The third-order valence-corrected chi connectivity index (χ3v) is 4.99. The summed E-state index contributed by atoms with van der Waals surface area (Å²) in [4.78, 5) is 4.35. The van der Waals surface area contributed by atoms with Gasteiger partial charge < -0.3 is 8.83 Å². The number of rotatable bonds is 6. The molecule has 0 aliphatic carbocycles. The Morgan fingerprint density at radius 2 is 1.96 bits per heavy atom. The van der Waals surface area contributed by atoms with Crippen molar-refractivity contribution in [1.82, 2.24) is 19.7 Å². The highest BCUT2D eigenvalue weighted by Crippen LogP contribution is 2.28.